The molecule has 1 N–H and O–H groups in total. The molecule has 4 nitrogen and oxygen atoms in total. The smallest absolute Gasteiger partial charge is 0.339 e. The van der Waals surface area contributed by atoms with E-state index in [-0.39, 0.29) is 12.2 Å². The Hall–Kier alpha value is -1.29. The molecule has 4 heteroatoms. The van der Waals surface area contributed by atoms with Crippen LogP contribution in [0.15, 0.2) is 16.7 Å². The predicted octanol–water partition coefficient (Wildman–Crippen LogP) is 3.07. The lowest BCUT2D eigenvalue weighted by molar-refractivity contribution is 0.0590. The molecule has 0 spiro atoms. The van der Waals surface area contributed by atoms with Crippen molar-refractivity contribution in [2.75, 3.05) is 6.61 Å². The minimum absolute atomic E-state index is 0.202. The van der Waals surface area contributed by atoms with Gasteiger partial charge in [0.05, 0.1) is 6.26 Å². The van der Waals surface area contributed by atoms with Gasteiger partial charge in [0.15, 0.2) is 0 Å². The standard InChI is InChI=1S/C13H18O4/c14-13(15)11-6-7-17-12(11)9-16-8-10-4-2-1-3-5-10/h6-7,10H,1-5,8-9H2,(H,14,15). The number of furan rings is 1. The van der Waals surface area contributed by atoms with Gasteiger partial charge in [-0.25, -0.2) is 4.79 Å². The van der Waals surface area contributed by atoms with E-state index in [9.17, 15) is 4.79 Å². The van der Waals surface area contributed by atoms with Crippen molar-refractivity contribution in [3.8, 4) is 0 Å². The second kappa shape index (κ2) is 5.87. The number of carboxylic acid groups (broad SMARTS) is 1. The summed E-state index contributed by atoms with van der Waals surface area (Å²) in [7, 11) is 0. The summed E-state index contributed by atoms with van der Waals surface area (Å²) < 4.78 is 10.7. The van der Waals surface area contributed by atoms with Crippen LogP contribution in [0.25, 0.3) is 0 Å². The van der Waals surface area contributed by atoms with E-state index in [1.54, 1.807) is 0 Å². The summed E-state index contributed by atoms with van der Waals surface area (Å²) in [5.74, 6) is 0.0790. The minimum atomic E-state index is -0.963. The van der Waals surface area contributed by atoms with Crippen molar-refractivity contribution in [3.05, 3.63) is 23.7 Å². The lowest BCUT2D eigenvalue weighted by Gasteiger charge is -2.20. The molecular weight excluding hydrogens is 220 g/mol. The van der Waals surface area contributed by atoms with Crippen molar-refractivity contribution in [1.29, 1.82) is 0 Å². The van der Waals surface area contributed by atoms with E-state index in [1.165, 1.54) is 44.4 Å². The topological polar surface area (TPSA) is 59.7 Å². The SMILES string of the molecule is O=C(O)c1ccoc1COCC1CCCCC1. The molecule has 1 heterocycles. The second-order valence-corrected chi connectivity index (χ2v) is 4.58. The normalized spacial score (nSPS) is 17.2. The van der Waals surface area contributed by atoms with Gasteiger partial charge in [-0.3, -0.25) is 0 Å². The molecule has 94 valence electrons. The third-order valence-corrected chi connectivity index (χ3v) is 3.29. The number of carboxylic acids is 1. The summed E-state index contributed by atoms with van der Waals surface area (Å²) in [5, 5.41) is 8.89. The number of rotatable bonds is 5. The average Bonchev–Trinajstić information content (AvgIpc) is 2.79. The first kappa shape index (κ1) is 12.2. The maximum Gasteiger partial charge on any atom is 0.339 e. The molecule has 0 atom stereocenters. The van der Waals surface area contributed by atoms with Gasteiger partial charge in [0.25, 0.3) is 0 Å². The minimum Gasteiger partial charge on any atom is -0.478 e. The molecule has 0 radical (unpaired) electrons. The van der Waals surface area contributed by atoms with Crippen molar-refractivity contribution < 1.29 is 19.1 Å². The fourth-order valence-electron chi connectivity index (χ4n) is 2.32. The zero-order valence-electron chi connectivity index (χ0n) is 9.85. The highest BCUT2D eigenvalue weighted by atomic mass is 16.5. The number of carbonyl (C=O) groups is 1. The Labute approximate surface area is 101 Å². The fraction of sp³-hybridized carbons (Fsp3) is 0.615. The lowest BCUT2D eigenvalue weighted by Crippen LogP contribution is -2.13. The highest BCUT2D eigenvalue weighted by Crippen LogP contribution is 2.24. The van der Waals surface area contributed by atoms with Crippen molar-refractivity contribution >= 4 is 5.97 Å². The van der Waals surface area contributed by atoms with Crippen molar-refractivity contribution in [3.63, 3.8) is 0 Å². The molecule has 0 bridgehead atoms. The Morgan fingerprint density at radius 3 is 2.88 bits per heavy atom. The molecule has 1 aromatic rings. The molecule has 0 aromatic carbocycles. The highest BCUT2D eigenvalue weighted by molar-refractivity contribution is 5.88. The Morgan fingerprint density at radius 2 is 2.18 bits per heavy atom. The van der Waals surface area contributed by atoms with Crippen molar-refractivity contribution in [1.82, 2.24) is 0 Å². The number of ether oxygens (including phenoxy) is 1. The van der Waals surface area contributed by atoms with E-state index in [2.05, 4.69) is 0 Å². The van der Waals surface area contributed by atoms with Crippen LogP contribution in [0.5, 0.6) is 0 Å². The van der Waals surface area contributed by atoms with Gasteiger partial charge in [0.1, 0.15) is 17.9 Å². The maximum absolute atomic E-state index is 10.8. The molecule has 17 heavy (non-hydrogen) atoms. The summed E-state index contributed by atoms with van der Waals surface area (Å²) >= 11 is 0. The molecule has 0 amide bonds. The van der Waals surface area contributed by atoms with Crippen LogP contribution in [0.4, 0.5) is 0 Å². The lowest BCUT2D eigenvalue weighted by atomic mass is 9.90. The van der Waals surface area contributed by atoms with Crippen LogP contribution in [0.1, 0.15) is 48.2 Å². The molecule has 1 saturated carbocycles. The molecule has 0 aliphatic heterocycles. The summed E-state index contributed by atoms with van der Waals surface area (Å²) in [5.41, 5.74) is 0.202. The Morgan fingerprint density at radius 1 is 1.41 bits per heavy atom. The first-order valence-electron chi connectivity index (χ1n) is 6.15. The van der Waals surface area contributed by atoms with Gasteiger partial charge < -0.3 is 14.3 Å². The van der Waals surface area contributed by atoms with Crippen LogP contribution in [0, 0.1) is 5.92 Å². The van der Waals surface area contributed by atoms with Crippen LogP contribution >= 0.6 is 0 Å². The molecule has 1 fully saturated rings. The van der Waals surface area contributed by atoms with E-state index in [0.717, 1.165) is 0 Å². The van der Waals surface area contributed by atoms with Gasteiger partial charge in [-0.05, 0) is 24.8 Å². The van der Waals surface area contributed by atoms with Gasteiger partial charge in [0, 0.05) is 6.61 Å². The van der Waals surface area contributed by atoms with Crippen LogP contribution in [-0.4, -0.2) is 17.7 Å². The van der Waals surface area contributed by atoms with Crippen LogP contribution in [0.3, 0.4) is 0 Å². The third-order valence-electron chi connectivity index (χ3n) is 3.29. The number of aromatic carboxylic acids is 1. The first-order valence-corrected chi connectivity index (χ1v) is 6.15. The first-order chi connectivity index (χ1) is 8.27. The van der Waals surface area contributed by atoms with Crippen molar-refractivity contribution in [2.24, 2.45) is 5.92 Å². The summed E-state index contributed by atoms with van der Waals surface area (Å²) in [6, 6.07) is 1.46. The fourth-order valence-corrected chi connectivity index (χ4v) is 2.32. The average molecular weight is 238 g/mol. The summed E-state index contributed by atoms with van der Waals surface area (Å²) in [4.78, 5) is 10.8. The third kappa shape index (κ3) is 3.33. The molecule has 0 unspecified atom stereocenters. The molecule has 1 aliphatic rings. The van der Waals surface area contributed by atoms with Crippen LogP contribution in [0.2, 0.25) is 0 Å². The van der Waals surface area contributed by atoms with Gasteiger partial charge in [-0.1, -0.05) is 19.3 Å². The van der Waals surface area contributed by atoms with Crippen molar-refractivity contribution in [2.45, 2.75) is 38.7 Å². The van der Waals surface area contributed by atoms with Crippen LogP contribution < -0.4 is 0 Å². The Balaban J connectivity index is 1.77. The van der Waals surface area contributed by atoms with E-state index in [4.69, 9.17) is 14.3 Å². The van der Waals surface area contributed by atoms with E-state index >= 15 is 0 Å². The zero-order chi connectivity index (χ0) is 12.1. The van der Waals surface area contributed by atoms with Gasteiger partial charge in [-0.15, -0.1) is 0 Å². The number of hydrogen-bond donors (Lipinski definition) is 1. The zero-order valence-corrected chi connectivity index (χ0v) is 9.85. The maximum atomic E-state index is 10.8. The van der Waals surface area contributed by atoms with Gasteiger partial charge in [0.2, 0.25) is 0 Å². The van der Waals surface area contributed by atoms with E-state index < -0.39 is 5.97 Å². The molecule has 2 rings (SSSR count). The highest BCUT2D eigenvalue weighted by Gasteiger charge is 2.16. The van der Waals surface area contributed by atoms with Gasteiger partial charge in [-0.2, -0.15) is 0 Å². The number of hydrogen-bond acceptors (Lipinski definition) is 3. The quantitative estimate of drug-likeness (QED) is 0.856. The van der Waals surface area contributed by atoms with E-state index in [0.29, 0.717) is 18.3 Å². The molecular formula is C13H18O4. The Bertz CT molecular complexity index is 363. The summed E-state index contributed by atoms with van der Waals surface area (Å²) in [6.45, 7) is 0.963. The van der Waals surface area contributed by atoms with Crippen LogP contribution in [-0.2, 0) is 11.3 Å². The second-order valence-electron chi connectivity index (χ2n) is 4.58. The summed E-state index contributed by atoms with van der Waals surface area (Å²) in [6.07, 6.45) is 7.75. The van der Waals surface area contributed by atoms with E-state index in [1.807, 2.05) is 0 Å². The largest absolute Gasteiger partial charge is 0.478 e. The monoisotopic (exact) mass is 238 g/mol. The van der Waals surface area contributed by atoms with Gasteiger partial charge >= 0.3 is 5.97 Å². The Kier molecular flexibility index (Phi) is 4.20. The predicted molar refractivity (Wildman–Crippen MR) is 61.9 cm³/mol. The molecule has 1 aromatic heterocycles. The molecule has 0 saturated heterocycles. The molecule has 1 aliphatic carbocycles.